The van der Waals surface area contributed by atoms with Gasteiger partial charge in [0.05, 0.1) is 0 Å². The molecule has 3 atom stereocenters. The van der Waals surface area contributed by atoms with Gasteiger partial charge in [-0.1, -0.05) is 13.8 Å². The van der Waals surface area contributed by atoms with Crippen LogP contribution >= 0.6 is 0 Å². The molecule has 0 aromatic carbocycles. The molecule has 1 rings (SSSR count). The zero-order valence-corrected chi connectivity index (χ0v) is 8.82. The molecule has 0 radical (unpaired) electrons. The monoisotopic (exact) mass is 196 g/mol. The number of hydrogen-bond donors (Lipinski definition) is 0. The van der Waals surface area contributed by atoms with E-state index in [9.17, 15) is 9.59 Å². The second-order valence-electron chi connectivity index (χ2n) is 3.95. The Morgan fingerprint density at radius 1 is 1.50 bits per heavy atom. The number of ether oxygens (including phenoxy) is 1. The van der Waals surface area contributed by atoms with Crippen molar-refractivity contribution < 1.29 is 14.3 Å². The van der Waals surface area contributed by atoms with E-state index in [1.54, 1.807) is 6.08 Å². The maximum Gasteiger partial charge on any atom is 0.303 e. The summed E-state index contributed by atoms with van der Waals surface area (Å²) in [5.74, 6) is 0.0541. The van der Waals surface area contributed by atoms with E-state index in [-0.39, 0.29) is 29.7 Å². The molecular weight excluding hydrogens is 180 g/mol. The van der Waals surface area contributed by atoms with E-state index in [4.69, 9.17) is 4.74 Å². The molecule has 0 spiro atoms. The third kappa shape index (κ3) is 2.69. The van der Waals surface area contributed by atoms with Crippen LogP contribution in [0.25, 0.3) is 0 Å². The second-order valence-corrected chi connectivity index (χ2v) is 3.95. The topological polar surface area (TPSA) is 43.4 Å². The largest absolute Gasteiger partial charge is 0.458 e. The quantitative estimate of drug-likeness (QED) is 0.600. The molecule has 1 aliphatic rings. The Balaban J connectivity index is 2.72. The number of hydrogen-bond acceptors (Lipinski definition) is 3. The molecule has 78 valence electrons. The van der Waals surface area contributed by atoms with Crippen LogP contribution < -0.4 is 0 Å². The van der Waals surface area contributed by atoms with Gasteiger partial charge in [0.2, 0.25) is 0 Å². The molecular formula is C11H16O3. The highest BCUT2D eigenvalue weighted by Crippen LogP contribution is 2.23. The van der Waals surface area contributed by atoms with Crippen LogP contribution in [-0.4, -0.2) is 17.9 Å². The molecule has 0 saturated heterocycles. The molecule has 0 fully saturated rings. The van der Waals surface area contributed by atoms with Gasteiger partial charge in [-0.2, -0.15) is 0 Å². The Labute approximate surface area is 84.1 Å². The maximum absolute atomic E-state index is 11.4. The van der Waals surface area contributed by atoms with Crippen LogP contribution in [-0.2, 0) is 14.3 Å². The van der Waals surface area contributed by atoms with Gasteiger partial charge >= 0.3 is 5.97 Å². The maximum atomic E-state index is 11.4. The first-order valence-electron chi connectivity index (χ1n) is 4.90. The van der Waals surface area contributed by atoms with Gasteiger partial charge in [-0.25, -0.2) is 0 Å². The molecule has 0 N–H and O–H groups in total. The minimum absolute atomic E-state index is 0.0295. The Bertz CT molecular complexity index is 268. The molecule has 0 saturated carbocycles. The molecule has 3 heteroatoms. The average molecular weight is 196 g/mol. The minimum atomic E-state index is -0.298. The van der Waals surface area contributed by atoms with Gasteiger partial charge in [0.1, 0.15) is 6.10 Å². The van der Waals surface area contributed by atoms with Gasteiger partial charge < -0.3 is 4.74 Å². The third-order valence-electron chi connectivity index (χ3n) is 2.52. The van der Waals surface area contributed by atoms with Crippen LogP contribution in [0.3, 0.4) is 0 Å². The van der Waals surface area contributed by atoms with E-state index in [0.29, 0.717) is 0 Å². The lowest BCUT2D eigenvalue weighted by atomic mass is 9.93. The van der Waals surface area contributed by atoms with Crippen molar-refractivity contribution in [1.82, 2.24) is 0 Å². The number of allylic oxidation sites excluding steroid dienone is 1. The van der Waals surface area contributed by atoms with Crippen molar-refractivity contribution in [3.63, 3.8) is 0 Å². The van der Waals surface area contributed by atoms with Gasteiger partial charge in [0, 0.05) is 12.8 Å². The first-order chi connectivity index (χ1) is 6.50. The predicted molar refractivity (Wildman–Crippen MR) is 52.6 cm³/mol. The number of ketones is 1. The summed E-state index contributed by atoms with van der Waals surface area (Å²) < 4.78 is 5.10. The number of carbonyl (C=O) groups excluding carboxylic acids is 2. The molecule has 0 aromatic rings. The Morgan fingerprint density at radius 3 is 2.71 bits per heavy atom. The first-order valence-corrected chi connectivity index (χ1v) is 4.90. The lowest BCUT2D eigenvalue weighted by molar-refractivity contribution is -0.146. The fraction of sp³-hybridized carbons (Fsp3) is 0.636. The summed E-state index contributed by atoms with van der Waals surface area (Å²) in [6.45, 7) is 5.28. The Kier molecular flexibility index (Phi) is 3.44. The van der Waals surface area contributed by atoms with Crippen molar-refractivity contribution in [3.05, 3.63) is 12.2 Å². The second kappa shape index (κ2) is 4.40. The fourth-order valence-corrected chi connectivity index (χ4v) is 1.70. The van der Waals surface area contributed by atoms with E-state index in [1.807, 2.05) is 13.8 Å². The normalized spacial score (nSPS) is 32.5. The predicted octanol–water partition coefficient (Wildman–Crippen LogP) is 1.72. The van der Waals surface area contributed by atoms with Crippen LogP contribution in [0.15, 0.2) is 12.2 Å². The van der Waals surface area contributed by atoms with Crippen LogP contribution in [0, 0.1) is 11.8 Å². The summed E-state index contributed by atoms with van der Waals surface area (Å²) in [4.78, 5) is 22.2. The smallest absolute Gasteiger partial charge is 0.303 e. The Hall–Kier alpha value is -1.12. The summed E-state index contributed by atoms with van der Waals surface area (Å²) in [6, 6.07) is 0. The van der Waals surface area contributed by atoms with Crippen LogP contribution in [0.5, 0.6) is 0 Å². The molecule has 0 bridgehead atoms. The summed E-state index contributed by atoms with van der Waals surface area (Å²) in [5, 5.41) is 0. The highest BCUT2D eigenvalue weighted by atomic mass is 16.5. The highest BCUT2D eigenvalue weighted by molar-refractivity contribution is 5.91. The Morgan fingerprint density at radius 2 is 2.14 bits per heavy atom. The van der Waals surface area contributed by atoms with Crippen molar-refractivity contribution in [1.29, 1.82) is 0 Å². The van der Waals surface area contributed by atoms with E-state index >= 15 is 0 Å². The van der Waals surface area contributed by atoms with E-state index in [2.05, 4.69) is 0 Å². The van der Waals surface area contributed by atoms with Crippen LogP contribution in [0.4, 0.5) is 0 Å². The fourth-order valence-electron chi connectivity index (χ4n) is 1.70. The third-order valence-corrected chi connectivity index (χ3v) is 2.52. The molecule has 0 aromatic heterocycles. The minimum Gasteiger partial charge on any atom is -0.458 e. The van der Waals surface area contributed by atoms with Crippen molar-refractivity contribution >= 4 is 11.8 Å². The molecule has 0 amide bonds. The lowest BCUT2D eigenvalue weighted by Crippen LogP contribution is -2.22. The van der Waals surface area contributed by atoms with Gasteiger partial charge in [-0.3, -0.25) is 9.59 Å². The number of esters is 1. The molecule has 0 heterocycles. The highest BCUT2D eigenvalue weighted by Gasteiger charge is 2.25. The number of rotatable bonds is 1. The zero-order chi connectivity index (χ0) is 10.7. The van der Waals surface area contributed by atoms with Crippen molar-refractivity contribution in [2.45, 2.75) is 33.3 Å². The van der Waals surface area contributed by atoms with Gasteiger partial charge in [0.25, 0.3) is 0 Å². The van der Waals surface area contributed by atoms with Crippen LogP contribution in [0.2, 0.25) is 0 Å². The average Bonchev–Trinajstić information content (AvgIpc) is 2.18. The van der Waals surface area contributed by atoms with Gasteiger partial charge in [0.15, 0.2) is 5.78 Å². The lowest BCUT2D eigenvalue weighted by Gasteiger charge is -2.19. The van der Waals surface area contributed by atoms with Gasteiger partial charge in [-0.15, -0.1) is 0 Å². The summed E-state index contributed by atoms with van der Waals surface area (Å²) in [6.07, 6.45) is 3.74. The summed E-state index contributed by atoms with van der Waals surface area (Å²) in [7, 11) is 0. The standard InChI is InChI=1S/C11H16O3/c1-7-6-8(2)11(14-9(3)12)5-4-10(7)13/h4-5,7-8,11H,6H2,1-3H3/t7?,8?,11-/m0/s1. The first kappa shape index (κ1) is 11.0. The molecule has 3 nitrogen and oxygen atoms in total. The van der Waals surface area contributed by atoms with E-state index in [1.165, 1.54) is 13.0 Å². The molecule has 2 unspecified atom stereocenters. The number of carbonyl (C=O) groups is 2. The van der Waals surface area contributed by atoms with Crippen LogP contribution in [0.1, 0.15) is 27.2 Å². The van der Waals surface area contributed by atoms with Crippen molar-refractivity contribution in [2.75, 3.05) is 0 Å². The van der Waals surface area contributed by atoms with Crippen molar-refractivity contribution in [2.24, 2.45) is 11.8 Å². The SMILES string of the molecule is CC(=O)O[C@H]1C=CC(=O)C(C)CC1C. The summed E-state index contributed by atoms with van der Waals surface area (Å²) >= 11 is 0. The molecule has 1 aliphatic carbocycles. The molecule has 14 heavy (non-hydrogen) atoms. The van der Waals surface area contributed by atoms with E-state index in [0.717, 1.165) is 6.42 Å². The molecule has 0 aliphatic heterocycles. The van der Waals surface area contributed by atoms with E-state index < -0.39 is 0 Å². The zero-order valence-electron chi connectivity index (χ0n) is 8.82. The van der Waals surface area contributed by atoms with Gasteiger partial charge in [-0.05, 0) is 24.5 Å². The summed E-state index contributed by atoms with van der Waals surface area (Å²) in [5.41, 5.74) is 0. The van der Waals surface area contributed by atoms with Crippen molar-refractivity contribution in [3.8, 4) is 0 Å².